The molecule has 3 aromatic heterocycles. The van der Waals surface area contributed by atoms with E-state index in [4.69, 9.17) is 22.1 Å². The van der Waals surface area contributed by atoms with Crippen molar-refractivity contribution < 1.29 is 9.53 Å². The first-order chi connectivity index (χ1) is 17.3. The number of amides is 1. The van der Waals surface area contributed by atoms with Crippen molar-refractivity contribution in [2.24, 2.45) is 5.73 Å². The van der Waals surface area contributed by atoms with Gasteiger partial charge in [0.2, 0.25) is 5.91 Å². The molecular weight excluding hydrogens is 496 g/mol. The highest BCUT2D eigenvalue weighted by molar-refractivity contribution is 7.17. The summed E-state index contributed by atoms with van der Waals surface area (Å²) in [4.78, 5) is 20.9. The molecule has 10 heteroatoms. The molecule has 0 aliphatic carbocycles. The number of carbonyl (C=O) groups excluding carboxylic acids is 1. The van der Waals surface area contributed by atoms with Crippen molar-refractivity contribution in [1.82, 2.24) is 19.9 Å². The quantitative estimate of drug-likeness (QED) is 0.243. The predicted molar refractivity (Wildman–Crippen MR) is 145 cm³/mol. The number of ether oxygens (including phenoxy) is 1. The summed E-state index contributed by atoms with van der Waals surface area (Å²) in [7, 11) is 0. The van der Waals surface area contributed by atoms with Gasteiger partial charge < -0.3 is 25.7 Å². The summed E-state index contributed by atoms with van der Waals surface area (Å²) < 4.78 is 9.27. The Morgan fingerprint density at radius 2 is 2.03 bits per heavy atom. The molecule has 0 bridgehead atoms. The lowest BCUT2D eigenvalue weighted by Crippen LogP contribution is -2.49. The van der Waals surface area contributed by atoms with Crippen molar-refractivity contribution in [2.45, 2.75) is 25.9 Å². The number of aromatic nitrogens is 3. The Hall–Kier alpha value is -3.66. The first kappa shape index (κ1) is 24.1. The molecule has 3 heterocycles. The van der Waals surface area contributed by atoms with E-state index in [-0.39, 0.29) is 5.91 Å². The number of thiophene rings is 1. The van der Waals surface area contributed by atoms with Gasteiger partial charge in [-0.3, -0.25) is 4.79 Å². The smallest absolute Gasteiger partial charge is 0.239 e. The van der Waals surface area contributed by atoms with Crippen LogP contribution in [-0.4, -0.2) is 32.5 Å². The number of hydrogen-bond donors (Lipinski definition) is 3. The molecule has 0 fully saturated rings. The molecule has 0 saturated carbocycles. The molecule has 0 aliphatic heterocycles. The van der Waals surface area contributed by atoms with Gasteiger partial charge in [-0.2, -0.15) is 0 Å². The summed E-state index contributed by atoms with van der Waals surface area (Å²) in [5, 5.41) is 9.76. The SMILES string of the molecule is CC(C)(N)C(=O)NCCn1ccc2ncnc(Nc3ccc(Oc4cccc5sccc45)c(Cl)c3)c21. The fourth-order valence-electron chi connectivity index (χ4n) is 3.80. The van der Waals surface area contributed by atoms with Crippen LogP contribution in [0.2, 0.25) is 5.02 Å². The lowest BCUT2D eigenvalue weighted by atomic mass is 10.1. The number of rotatable bonds is 8. The van der Waals surface area contributed by atoms with E-state index >= 15 is 0 Å². The van der Waals surface area contributed by atoms with Gasteiger partial charge in [0.15, 0.2) is 5.82 Å². The number of fused-ring (bicyclic) bond motifs is 2. The molecule has 8 nitrogen and oxygen atoms in total. The van der Waals surface area contributed by atoms with Gasteiger partial charge in [0.05, 0.1) is 16.1 Å². The average molecular weight is 521 g/mol. The van der Waals surface area contributed by atoms with Gasteiger partial charge in [-0.05, 0) is 61.7 Å². The van der Waals surface area contributed by atoms with E-state index in [2.05, 4.69) is 26.7 Å². The van der Waals surface area contributed by atoms with E-state index in [0.717, 1.165) is 32.6 Å². The minimum atomic E-state index is -0.931. The van der Waals surface area contributed by atoms with Crippen LogP contribution in [0.25, 0.3) is 21.1 Å². The van der Waals surface area contributed by atoms with E-state index in [9.17, 15) is 4.79 Å². The van der Waals surface area contributed by atoms with Gasteiger partial charge in [0.1, 0.15) is 23.3 Å². The maximum Gasteiger partial charge on any atom is 0.239 e. The number of nitrogens with two attached hydrogens (primary N) is 1. The average Bonchev–Trinajstić information content (AvgIpc) is 3.48. The Balaban J connectivity index is 1.34. The number of benzene rings is 2. The number of halogens is 1. The monoisotopic (exact) mass is 520 g/mol. The summed E-state index contributed by atoms with van der Waals surface area (Å²) in [5.41, 5.74) is 7.29. The van der Waals surface area contributed by atoms with E-state index in [1.54, 1.807) is 31.3 Å². The molecule has 1 amide bonds. The van der Waals surface area contributed by atoms with Crippen LogP contribution in [0.3, 0.4) is 0 Å². The molecule has 0 radical (unpaired) electrons. The molecule has 5 aromatic rings. The third-order valence-electron chi connectivity index (χ3n) is 5.64. The number of anilines is 2. The zero-order valence-electron chi connectivity index (χ0n) is 19.8. The minimum Gasteiger partial charge on any atom is -0.455 e. The highest BCUT2D eigenvalue weighted by Crippen LogP contribution is 2.37. The van der Waals surface area contributed by atoms with Gasteiger partial charge >= 0.3 is 0 Å². The van der Waals surface area contributed by atoms with Crippen LogP contribution in [-0.2, 0) is 11.3 Å². The third-order valence-corrected chi connectivity index (χ3v) is 6.82. The fraction of sp³-hybridized carbons (Fsp3) is 0.192. The number of nitrogens with zero attached hydrogens (tertiary/aromatic N) is 3. The summed E-state index contributed by atoms with van der Waals surface area (Å²) in [5.74, 6) is 1.75. The number of carbonyl (C=O) groups is 1. The molecule has 0 atom stereocenters. The van der Waals surface area contributed by atoms with Crippen molar-refractivity contribution in [2.75, 3.05) is 11.9 Å². The van der Waals surface area contributed by atoms with Gasteiger partial charge in [-0.1, -0.05) is 17.7 Å². The topological polar surface area (TPSA) is 107 Å². The normalized spacial score (nSPS) is 11.7. The summed E-state index contributed by atoms with van der Waals surface area (Å²) in [6, 6.07) is 15.4. The van der Waals surface area contributed by atoms with E-state index < -0.39 is 5.54 Å². The molecule has 36 heavy (non-hydrogen) atoms. The van der Waals surface area contributed by atoms with Crippen molar-refractivity contribution in [3.63, 3.8) is 0 Å². The first-order valence-corrected chi connectivity index (χ1v) is 12.6. The van der Waals surface area contributed by atoms with Crippen LogP contribution in [0.5, 0.6) is 11.5 Å². The summed E-state index contributed by atoms with van der Waals surface area (Å²) in [6.45, 7) is 4.31. The first-order valence-electron chi connectivity index (χ1n) is 11.4. The maximum atomic E-state index is 12.1. The minimum absolute atomic E-state index is 0.208. The molecule has 5 rings (SSSR count). The molecule has 184 valence electrons. The lowest BCUT2D eigenvalue weighted by Gasteiger charge is -2.18. The van der Waals surface area contributed by atoms with Crippen molar-refractivity contribution in [3.8, 4) is 11.5 Å². The highest BCUT2D eigenvalue weighted by Gasteiger charge is 2.21. The number of nitrogens with one attached hydrogen (secondary N) is 2. The Morgan fingerprint density at radius 1 is 1.17 bits per heavy atom. The molecule has 2 aromatic carbocycles. The molecule has 0 unspecified atom stereocenters. The Morgan fingerprint density at radius 3 is 2.83 bits per heavy atom. The van der Waals surface area contributed by atoms with Crippen molar-refractivity contribution in [3.05, 3.63) is 71.5 Å². The molecule has 0 spiro atoms. The van der Waals surface area contributed by atoms with E-state index in [1.807, 2.05) is 52.5 Å². The lowest BCUT2D eigenvalue weighted by molar-refractivity contribution is -0.125. The van der Waals surface area contributed by atoms with Crippen molar-refractivity contribution >= 4 is 61.5 Å². The second-order valence-electron chi connectivity index (χ2n) is 8.90. The van der Waals surface area contributed by atoms with Crippen LogP contribution in [0.1, 0.15) is 13.8 Å². The Labute approximate surface area is 217 Å². The molecule has 4 N–H and O–H groups in total. The Kier molecular flexibility index (Phi) is 6.53. The predicted octanol–water partition coefficient (Wildman–Crippen LogP) is 5.69. The fourth-order valence-corrected chi connectivity index (χ4v) is 4.82. The van der Waals surface area contributed by atoms with Crippen LogP contribution in [0.15, 0.2) is 66.4 Å². The third kappa shape index (κ3) is 4.99. The largest absolute Gasteiger partial charge is 0.455 e. The maximum absolute atomic E-state index is 12.1. The number of hydrogen-bond acceptors (Lipinski definition) is 7. The highest BCUT2D eigenvalue weighted by atomic mass is 35.5. The molecular formula is C26H25ClN6O2S. The second kappa shape index (κ2) is 9.77. The van der Waals surface area contributed by atoms with E-state index in [0.29, 0.717) is 29.7 Å². The standard InChI is InChI=1S/C26H25ClN6O2S/c1-26(2,28)25(34)29-10-12-33-11-8-19-23(33)24(31-15-30-19)32-16-6-7-21(18(27)14-16)35-20-4-3-5-22-17(20)9-13-36-22/h3-9,11,13-15H,10,12,28H2,1-2H3,(H,29,34)(H,30,31,32). The summed E-state index contributed by atoms with van der Waals surface area (Å²) >= 11 is 8.25. The van der Waals surface area contributed by atoms with Gasteiger partial charge in [-0.15, -0.1) is 11.3 Å². The van der Waals surface area contributed by atoms with Crippen LogP contribution < -0.4 is 21.1 Å². The Bertz CT molecular complexity index is 1560. The molecule has 0 aliphatic rings. The van der Waals surface area contributed by atoms with Crippen LogP contribution >= 0.6 is 22.9 Å². The van der Waals surface area contributed by atoms with E-state index in [1.165, 1.54) is 6.33 Å². The zero-order chi connectivity index (χ0) is 25.3. The van der Waals surface area contributed by atoms with Gasteiger partial charge in [0, 0.05) is 35.1 Å². The van der Waals surface area contributed by atoms with Crippen molar-refractivity contribution in [1.29, 1.82) is 0 Å². The van der Waals surface area contributed by atoms with Crippen LogP contribution in [0, 0.1) is 0 Å². The van der Waals surface area contributed by atoms with Crippen LogP contribution in [0.4, 0.5) is 11.5 Å². The zero-order valence-corrected chi connectivity index (χ0v) is 21.4. The van der Waals surface area contributed by atoms with Gasteiger partial charge in [-0.25, -0.2) is 9.97 Å². The summed E-state index contributed by atoms with van der Waals surface area (Å²) in [6.07, 6.45) is 3.42. The molecule has 0 saturated heterocycles. The van der Waals surface area contributed by atoms with Gasteiger partial charge in [0.25, 0.3) is 0 Å². The second-order valence-corrected chi connectivity index (χ2v) is 10.3.